The van der Waals surface area contributed by atoms with Gasteiger partial charge in [0.15, 0.2) is 0 Å². The molecular formula is C56H59N. The van der Waals surface area contributed by atoms with Crippen molar-refractivity contribution in [3.63, 3.8) is 0 Å². The summed E-state index contributed by atoms with van der Waals surface area (Å²) in [5.74, 6) is 3.91. The molecule has 0 amide bonds. The molecule has 4 fully saturated rings. The summed E-state index contributed by atoms with van der Waals surface area (Å²) in [5.41, 5.74) is 16.7. The minimum Gasteiger partial charge on any atom is -0.310 e. The molecule has 2 bridgehead atoms. The second-order valence-electron chi connectivity index (χ2n) is 19.3. The average molecular weight is 746 g/mol. The molecule has 1 nitrogen and oxygen atoms in total. The van der Waals surface area contributed by atoms with Crippen molar-refractivity contribution >= 4 is 27.8 Å². The Morgan fingerprint density at radius 2 is 1.19 bits per heavy atom. The Hall–Kier alpha value is -4.62. The van der Waals surface area contributed by atoms with Crippen molar-refractivity contribution in [2.45, 2.75) is 127 Å². The van der Waals surface area contributed by atoms with Crippen molar-refractivity contribution in [1.29, 1.82) is 0 Å². The van der Waals surface area contributed by atoms with E-state index in [1.165, 1.54) is 157 Å². The van der Waals surface area contributed by atoms with Gasteiger partial charge in [0.2, 0.25) is 0 Å². The van der Waals surface area contributed by atoms with Gasteiger partial charge in [-0.3, -0.25) is 0 Å². The summed E-state index contributed by atoms with van der Waals surface area (Å²) in [7, 11) is 0. The highest BCUT2D eigenvalue weighted by atomic mass is 15.1. The van der Waals surface area contributed by atoms with Crippen LogP contribution in [0.2, 0.25) is 0 Å². The lowest BCUT2D eigenvalue weighted by Gasteiger charge is -2.31. The van der Waals surface area contributed by atoms with E-state index >= 15 is 0 Å². The van der Waals surface area contributed by atoms with E-state index in [-0.39, 0.29) is 5.41 Å². The molecule has 3 unspecified atom stereocenters. The van der Waals surface area contributed by atoms with Crippen molar-refractivity contribution in [2.24, 2.45) is 11.8 Å². The van der Waals surface area contributed by atoms with Crippen LogP contribution in [0.5, 0.6) is 0 Å². The lowest BCUT2D eigenvalue weighted by molar-refractivity contribution is 0.420. The molecule has 0 spiro atoms. The summed E-state index contributed by atoms with van der Waals surface area (Å²) in [6.07, 6.45) is 19.2. The highest BCUT2D eigenvalue weighted by Crippen LogP contribution is 2.56. The fourth-order valence-corrected chi connectivity index (χ4v) is 12.9. The Bertz CT molecular complexity index is 2410. The maximum absolute atomic E-state index is 2.61. The lowest BCUT2D eigenvalue weighted by Crippen LogP contribution is -2.18. The fourth-order valence-electron chi connectivity index (χ4n) is 12.9. The van der Waals surface area contributed by atoms with Crippen LogP contribution in [0, 0.1) is 11.8 Å². The minimum absolute atomic E-state index is 0.150. The lowest BCUT2D eigenvalue weighted by atomic mass is 9.78. The molecule has 0 heterocycles. The molecule has 0 saturated heterocycles. The van der Waals surface area contributed by atoms with Gasteiger partial charge in [-0.25, -0.2) is 0 Å². The van der Waals surface area contributed by atoms with Crippen LogP contribution in [0.4, 0.5) is 17.1 Å². The van der Waals surface area contributed by atoms with Crippen molar-refractivity contribution in [3.8, 4) is 22.3 Å². The Morgan fingerprint density at radius 3 is 1.91 bits per heavy atom. The fraction of sp³-hybridized carbons (Fsp3) is 0.393. The van der Waals surface area contributed by atoms with E-state index < -0.39 is 0 Å². The highest BCUT2D eigenvalue weighted by Gasteiger charge is 2.41. The van der Waals surface area contributed by atoms with E-state index in [0.717, 1.165) is 23.7 Å². The van der Waals surface area contributed by atoms with Gasteiger partial charge < -0.3 is 4.90 Å². The van der Waals surface area contributed by atoms with Gasteiger partial charge in [0.25, 0.3) is 0 Å². The normalized spacial score (nSPS) is 22.8. The van der Waals surface area contributed by atoms with Crippen LogP contribution in [-0.2, 0) is 5.41 Å². The topological polar surface area (TPSA) is 3.24 Å². The predicted octanol–water partition coefficient (Wildman–Crippen LogP) is 16.3. The van der Waals surface area contributed by atoms with E-state index in [2.05, 4.69) is 140 Å². The van der Waals surface area contributed by atoms with E-state index in [1.807, 2.05) is 0 Å². The van der Waals surface area contributed by atoms with Gasteiger partial charge in [-0.1, -0.05) is 150 Å². The zero-order chi connectivity index (χ0) is 38.1. The van der Waals surface area contributed by atoms with Gasteiger partial charge in [-0.05, 0) is 160 Å². The van der Waals surface area contributed by atoms with Crippen molar-refractivity contribution in [3.05, 3.63) is 149 Å². The second-order valence-corrected chi connectivity index (χ2v) is 19.3. The van der Waals surface area contributed by atoms with E-state index in [9.17, 15) is 0 Å². The molecule has 3 atom stereocenters. The molecule has 0 aromatic heterocycles. The highest BCUT2D eigenvalue weighted by molar-refractivity contribution is 6.02. The number of nitrogens with zero attached hydrogens (tertiary/aromatic N) is 1. The van der Waals surface area contributed by atoms with Crippen LogP contribution >= 0.6 is 0 Å². The molecule has 5 aliphatic rings. The summed E-state index contributed by atoms with van der Waals surface area (Å²) in [6.45, 7) is 4.93. The van der Waals surface area contributed by atoms with Crippen molar-refractivity contribution in [2.75, 3.05) is 4.90 Å². The molecule has 288 valence electrons. The van der Waals surface area contributed by atoms with Crippen molar-refractivity contribution < 1.29 is 0 Å². The van der Waals surface area contributed by atoms with E-state index in [0.29, 0.717) is 5.92 Å². The van der Waals surface area contributed by atoms with Gasteiger partial charge in [-0.2, -0.15) is 0 Å². The van der Waals surface area contributed by atoms with E-state index in [1.54, 1.807) is 11.1 Å². The maximum atomic E-state index is 2.61. The molecule has 57 heavy (non-hydrogen) atoms. The number of fused-ring (bicyclic) bond motifs is 6. The molecule has 0 aliphatic heterocycles. The quantitative estimate of drug-likeness (QED) is 0.157. The van der Waals surface area contributed by atoms with Crippen LogP contribution in [0.15, 0.2) is 121 Å². The number of anilines is 3. The Labute approximate surface area is 341 Å². The molecule has 11 rings (SSSR count). The van der Waals surface area contributed by atoms with Crippen LogP contribution in [0.3, 0.4) is 0 Å². The van der Waals surface area contributed by atoms with Gasteiger partial charge in [0.1, 0.15) is 0 Å². The first-order chi connectivity index (χ1) is 28.0. The Morgan fingerprint density at radius 1 is 0.526 bits per heavy atom. The van der Waals surface area contributed by atoms with Crippen LogP contribution in [-0.4, -0.2) is 0 Å². The third-order valence-electron chi connectivity index (χ3n) is 15.7. The summed E-state index contributed by atoms with van der Waals surface area (Å²) < 4.78 is 0. The smallest absolute Gasteiger partial charge is 0.0542 e. The Balaban J connectivity index is 1.02. The monoisotopic (exact) mass is 745 g/mol. The largest absolute Gasteiger partial charge is 0.310 e. The van der Waals surface area contributed by atoms with Gasteiger partial charge in [-0.15, -0.1) is 0 Å². The zero-order valence-corrected chi connectivity index (χ0v) is 34.3. The first-order valence-electron chi connectivity index (χ1n) is 22.8. The molecule has 6 aromatic carbocycles. The van der Waals surface area contributed by atoms with Crippen LogP contribution in [0.1, 0.15) is 149 Å². The van der Waals surface area contributed by atoms with Gasteiger partial charge in [0, 0.05) is 22.2 Å². The predicted molar refractivity (Wildman–Crippen MR) is 241 cm³/mol. The maximum Gasteiger partial charge on any atom is 0.0542 e. The summed E-state index contributed by atoms with van der Waals surface area (Å²) >= 11 is 0. The van der Waals surface area contributed by atoms with Crippen LogP contribution < -0.4 is 4.90 Å². The van der Waals surface area contributed by atoms with Gasteiger partial charge in [0.05, 0.1) is 5.69 Å². The van der Waals surface area contributed by atoms with Crippen molar-refractivity contribution in [1.82, 2.24) is 0 Å². The molecule has 4 saturated carbocycles. The summed E-state index contributed by atoms with van der Waals surface area (Å²) in [4.78, 5) is 2.61. The number of hydrogen-bond acceptors (Lipinski definition) is 1. The molecule has 0 radical (unpaired) electrons. The molecule has 0 N–H and O–H groups in total. The third-order valence-corrected chi connectivity index (χ3v) is 15.7. The minimum atomic E-state index is -0.150. The first kappa shape index (κ1) is 35.5. The first-order valence-corrected chi connectivity index (χ1v) is 22.8. The molecule has 1 heteroatoms. The summed E-state index contributed by atoms with van der Waals surface area (Å²) in [5, 5.41) is 2.79. The SMILES string of the molecule is CC1(C)c2cc(N(c3ccc(C4CC5CCC4C5)cc3)c3cccc4cccc(C5CCCCC5)c34)ccc2-c2cccc(-c3ccc(C4CCCCC4)cc3)c21. The number of benzene rings is 6. The number of rotatable bonds is 7. The molecular weight excluding hydrogens is 687 g/mol. The zero-order valence-electron chi connectivity index (χ0n) is 34.3. The molecule has 5 aliphatic carbocycles. The number of hydrogen-bond donors (Lipinski definition) is 0. The third kappa shape index (κ3) is 6.09. The Kier molecular flexibility index (Phi) is 8.94. The van der Waals surface area contributed by atoms with Gasteiger partial charge >= 0.3 is 0 Å². The second kappa shape index (κ2) is 14.3. The van der Waals surface area contributed by atoms with Crippen LogP contribution in [0.25, 0.3) is 33.0 Å². The van der Waals surface area contributed by atoms with E-state index in [4.69, 9.17) is 0 Å². The summed E-state index contributed by atoms with van der Waals surface area (Å²) in [6, 6.07) is 48.1. The molecule has 6 aromatic rings. The average Bonchev–Trinajstić information content (AvgIpc) is 3.97. The standard InChI is InChI=1S/C56H59N/c1-56(2)52-36-46(32-33-49(52)50-20-11-19-48(55(50)56)41-26-24-39(25-27-41)38-12-5-3-6-13-38)57(45-30-28-42(29-31-45)51-35-37-22-23-44(51)34-37)53-21-10-17-43-16-9-18-47(54(43)53)40-14-7-4-8-15-40/h9-11,16-21,24-33,36-38,40,44,51H,3-8,12-15,22-23,34-35H2,1-2H3.